The first-order valence-electron chi connectivity index (χ1n) is 21.8. The molecule has 0 aliphatic heterocycles. The molecule has 308 valence electrons. The number of benzene rings is 4. The van der Waals surface area contributed by atoms with Crippen LogP contribution in [0.15, 0.2) is 122 Å². The van der Waals surface area contributed by atoms with E-state index in [1.54, 1.807) is 0 Å². The summed E-state index contributed by atoms with van der Waals surface area (Å²) in [7, 11) is 0. The molecule has 0 radical (unpaired) electrons. The Morgan fingerprint density at radius 1 is 0.441 bits per heavy atom. The van der Waals surface area contributed by atoms with Gasteiger partial charge in [-0.2, -0.15) is 0 Å². The molecule has 0 amide bonds. The van der Waals surface area contributed by atoms with Crippen molar-refractivity contribution in [3.8, 4) is 34.3 Å². The third-order valence-electron chi connectivity index (χ3n) is 11.1. The van der Waals surface area contributed by atoms with E-state index in [1.165, 1.54) is 11.1 Å². The SMILES string of the molecule is CCCCc1cnc(-c2ccc(C(OC(c3ccc(OCC(C)CC)cc3)c3ccc(-c4ncc(CCCC)cn4)cc3)c3ccc(OCC(C)CC)cc3)cc2)nc1. The van der Waals surface area contributed by atoms with Gasteiger partial charge in [-0.05, 0) is 95.2 Å². The van der Waals surface area contributed by atoms with Crippen molar-refractivity contribution in [2.75, 3.05) is 13.2 Å². The van der Waals surface area contributed by atoms with Crippen molar-refractivity contribution in [2.24, 2.45) is 11.8 Å². The summed E-state index contributed by atoms with van der Waals surface area (Å²) in [5, 5.41) is 0. The number of aryl methyl sites for hydroxylation is 2. The average molecular weight is 791 g/mol. The van der Waals surface area contributed by atoms with Gasteiger partial charge >= 0.3 is 0 Å². The third kappa shape index (κ3) is 12.3. The summed E-state index contributed by atoms with van der Waals surface area (Å²) in [5.74, 6) is 4.09. The van der Waals surface area contributed by atoms with Crippen LogP contribution in [0.3, 0.4) is 0 Å². The lowest BCUT2D eigenvalue weighted by atomic mass is 9.96. The monoisotopic (exact) mass is 790 g/mol. The minimum Gasteiger partial charge on any atom is -0.493 e. The molecule has 4 atom stereocenters. The fourth-order valence-electron chi connectivity index (χ4n) is 6.67. The lowest BCUT2D eigenvalue weighted by Gasteiger charge is -2.27. The predicted octanol–water partition coefficient (Wildman–Crippen LogP) is 13.0. The predicted molar refractivity (Wildman–Crippen MR) is 240 cm³/mol. The first-order chi connectivity index (χ1) is 28.9. The number of ether oxygens (including phenoxy) is 3. The van der Waals surface area contributed by atoms with E-state index in [9.17, 15) is 0 Å². The molecule has 0 N–H and O–H groups in total. The van der Waals surface area contributed by atoms with Crippen LogP contribution in [0.5, 0.6) is 11.5 Å². The van der Waals surface area contributed by atoms with Gasteiger partial charge in [0.2, 0.25) is 0 Å². The van der Waals surface area contributed by atoms with E-state index in [0.29, 0.717) is 36.7 Å². The fourth-order valence-corrected chi connectivity index (χ4v) is 6.67. The van der Waals surface area contributed by atoms with Crippen molar-refractivity contribution in [3.05, 3.63) is 155 Å². The van der Waals surface area contributed by atoms with Crippen LogP contribution in [0.25, 0.3) is 22.8 Å². The van der Waals surface area contributed by atoms with E-state index in [1.807, 2.05) is 24.8 Å². The zero-order valence-corrected chi connectivity index (χ0v) is 35.9. The molecule has 7 nitrogen and oxygen atoms in total. The number of hydrogen-bond donors (Lipinski definition) is 0. The van der Waals surface area contributed by atoms with Crippen molar-refractivity contribution in [1.29, 1.82) is 0 Å². The van der Waals surface area contributed by atoms with Crippen LogP contribution in [0.2, 0.25) is 0 Å². The summed E-state index contributed by atoms with van der Waals surface area (Å²) in [4.78, 5) is 18.8. The summed E-state index contributed by atoms with van der Waals surface area (Å²) >= 11 is 0. The molecule has 2 aromatic heterocycles. The molecular weight excluding hydrogens is 729 g/mol. The summed E-state index contributed by atoms with van der Waals surface area (Å²) in [6, 6.07) is 33.6. The van der Waals surface area contributed by atoms with Crippen LogP contribution in [-0.2, 0) is 17.6 Å². The maximum Gasteiger partial charge on any atom is 0.159 e. The van der Waals surface area contributed by atoms with Gasteiger partial charge in [0.15, 0.2) is 11.6 Å². The molecule has 0 bridgehead atoms. The van der Waals surface area contributed by atoms with E-state index in [4.69, 9.17) is 34.1 Å². The molecule has 0 spiro atoms. The summed E-state index contributed by atoms with van der Waals surface area (Å²) in [6.45, 7) is 14.6. The van der Waals surface area contributed by atoms with Gasteiger partial charge in [0.25, 0.3) is 0 Å². The van der Waals surface area contributed by atoms with Crippen LogP contribution in [0.4, 0.5) is 0 Å². The topological polar surface area (TPSA) is 79.2 Å². The van der Waals surface area contributed by atoms with Crippen LogP contribution < -0.4 is 9.47 Å². The summed E-state index contributed by atoms with van der Waals surface area (Å²) < 4.78 is 19.7. The van der Waals surface area contributed by atoms with Crippen molar-refractivity contribution < 1.29 is 14.2 Å². The Hall–Kier alpha value is -5.40. The van der Waals surface area contributed by atoms with Gasteiger partial charge in [-0.15, -0.1) is 0 Å². The highest BCUT2D eigenvalue weighted by Gasteiger charge is 2.25. The van der Waals surface area contributed by atoms with Crippen molar-refractivity contribution in [3.63, 3.8) is 0 Å². The molecule has 59 heavy (non-hydrogen) atoms. The lowest BCUT2D eigenvalue weighted by Crippen LogP contribution is -2.14. The maximum atomic E-state index is 7.36. The van der Waals surface area contributed by atoms with E-state index in [0.717, 1.165) is 96.2 Å². The molecule has 4 unspecified atom stereocenters. The van der Waals surface area contributed by atoms with Crippen LogP contribution in [-0.4, -0.2) is 33.1 Å². The smallest absolute Gasteiger partial charge is 0.159 e. The molecule has 0 saturated carbocycles. The van der Waals surface area contributed by atoms with Gasteiger partial charge < -0.3 is 14.2 Å². The Morgan fingerprint density at radius 2 is 0.763 bits per heavy atom. The van der Waals surface area contributed by atoms with Gasteiger partial charge in [0.1, 0.15) is 23.7 Å². The Kier molecular flexibility index (Phi) is 16.2. The summed E-state index contributed by atoms with van der Waals surface area (Å²) in [5.41, 5.74) is 8.35. The molecule has 7 heteroatoms. The van der Waals surface area contributed by atoms with Gasteiger partial charge in [-0.25, -0.2) is 19.9 Å². The molecule has 6 rings (SSSR count). The molecule has 4 aromatic carbocycles. The minimum atomic E-state index is -0.407. The zero-order chi connectivity index (χ0) is 41.4. The maximum absolute atomic E-state index is 7.36. The van der Waals surface area contributed by atoms with E-state index in [-0.39, 0.29) is 0 Å². The molecular formula is C52H62N4O3. The Morgan fingerprint density at radius 3 is 1.07 bits per heavy atom. The normalized spacial score (nSPS) is 13.4. The second kappa shape index (κ2) is 22.1. The zero-order valence-electron chi connectivity index (χ0n) is 35.9. The van der Waals surface area contributed by atoms with E-state index >= 15 is 0 Å². The highest BCUT2D eigenvalue weighted by Crippen LogP contribution is 2.38. The quantitative estimate of drug-likeness (QED) is 0.0677. The summed E-state index contributed by atoms with van der Waals surface area (Å²) in [6.07, 6.45) is 15.7. The number of nitrogens with zero attached hydrogens (tertiary/aromatic N) is 4. The Balaban J connectivity index is 1.34. The molecule has 0 aliphatic carbocycles. The second-order valence-corrected chi connectivity index (χ2v) is 16.0. The van der Waals surface area contributed by atoms with Gasteiger partial charge in [0, 0.05) is 35.9 Å². The fraction of sp³-hybridized carbons (Fsp3) is 0.385. The first kappa shape index (κ1) is 43.2. The van der Waals surface area contributed by atoms with Crippen LogP contribution in [0.1, 0.15) is 126 Å². The van der Waals surface area contributed by atoms with Gasteiger partial charge in [-0.3, -0.25) is 0 Å². The average Bonchev–Trinajstić information content (AvgIpc) is 3.30. The van der Waals surface area contributed by atoms with Gasteiger partial charge in [0.05, 0.1) is 13.2 Å². The standard InChI is InChI=1S/C52H62N4O3/c1-7-11-13-39-31-53-51(54-32-39)45-19-15-41(16-20-45)49(43-23-27-47(28-24-43)57-35-37(5)9-3)59-50(44-25-29-48(30-26-44)58-36-38(6)10-4)42-17-21-46(22-18-42)52-55-33-40(34-56-52)14-12-8-2/h15-34,37-38,49-50H,7-14,35-36H2,1-6H3. The van der Waals surface area contributed by atoms with Crippen molar-refractivity contribution >= 4 is 0 Å². The largest absolute Gasteiger partial charge is 0.493 e. The Bertz CT molecular complexity index is 1950. The first-order valence-corrected chi connectivity index (χ1v) is 21.8. The van der Waals surface area contributed by atoms with E-state index in [2.05, 4.69) is 139 Å². The second-order valence-electron chi connectivity index (χ2n) is 16.0. The minimum absolute atomic E-state index is 0.407. The van der Waals surface area contributed by atoms with Crippen molar-refractivity contribution in [1.82, 2.24) is 19.9 Å². The molecule has 2 heterocycles. The molecule has 0 saturated heterocycles. The lowest BCUT2D eigenvalue weighted by molar-refractivity contribution is 0.0308. The number of aromatic nitrogens is 4. The highest BCUT2D eigenvalue weighted by molar-refractivity contribution is 5.57. The van der Waals surface area contributed by atoms with Crippen LogP contribution >= 0.6 is 0 Å². The van der Waals surface area contributed by atoms with Gasteiger partial charge in [-0.1, -0.05) is 140 Å². The highest BCUT2D eigenvalue weighted by atomic mass is 16.5. The Labute approximate surface area is 352 Å². The number of rotatable bonds is 22. The van der Waals surface area contributed by atoms with Crippen LogP contribution in [0, 0.1) is 11.8 Å². The van der Waals surface area contributed by atoms with Crippen molar-refractivity contribution in [2.45, 2.75) is 105 Å². The number of hydrogen-bond acceptors (Lipinski definition) is 7. The van der Waals surface area contributed by atoms with E-state index < -0.39 is 12.2 Å². The molecule has 0 fully saturated rings. The third-order valence-corrected chi connectivity index (χ3v) is 11.1. The molecule has 0 aliphatic rings. The molecule has 6 aromatic rings. The number of unbranched alkanes of at least 4 members (excludes halogenated alkanes) is 2.